The van der Waals surface area contributed by atoms with Gasteiger partial charge in [-0.15, -0.1) is 0 Å². The zero-order valence-corrected chi connectivity index (χ0v) is 18.1. The predicted octanol–water partition coefficient (Wildman–Crippen LogP) is 4.35. The molecule has 3 aromatic rings. The lowest BCUT2D eigenvalue weighted by atomic mass is 10.2. The number of carbonyl (C=O) groups excluding carboxylic acids is 1. The number of imidazole rings is 1. The Balaban J connectivity index is 1.41. The summed E-state index contributed by atoms with van der Waals surface area (Å²) in [6.07, 6.45) is 2.14. The molecular weight excluding hydrogens is 396 g/mol. The average molecular weight is 423 g/mol. The summed E-state index contributed by atoms with van der Waals surface area (Å²) in [7, 11) is 0. The Morgan fingerprint density at radius 3 is 2.53 bits per heavy atom. The third-order valence-corrected chi connectivity index (χ3v) is 6.63. The van der Waals surface area contributed by atoms with E-state index in [1.54, 1.807) is 0 Å². The van der Waals surface area contributed by atoms with Crippen LogP contribution in [0.3, 0.4) is 0 Å². The van der Waals surface area contributed by atoms with E-state index in [-0.39, 0.29) is 6.04 Å². The van der Waals surface area contributed by atoms with Crippen molar-refractivity contribution in [1.29, 1.82) is 0 Å². The molecule has 30 heavy (non-hydrogen) atoms. The Kier molecular flexibility index (Phi) is 5.25. The fraction of sp³-hybridized carbons (Fsp3) is 0.417. The molecule has 156 valence electrons. The molecule has 1 aliphatic carbocycles. The first-order valence-electron chi connectivity index (χ1n) is 10.8. The highest BCUT2D eigenvalue weighted by Gasteiger charge is 2.35. The Hall–Kier alpha value is -2.37. The van der Waals surface area contributed by atoms with Gasteiger partial charge in [-0.1, -0.05) is 41.9 Å². The number of fused-ring (bicyclic) bond motifs is 1. The Bertz CT molecular complexity index is 1050. The van der Waals surface area contributed by atoms with Gasteiger partial charge < -0.3 is 9.47 Å². The molecule has 1 saturated heterocycles. The molecule has 6 heteroatoms. The van der Waals surface area contributed by atoms with E-state index < -0.39 is 0 Å². The molecule has 1 aliphatic heterocycles. The van der Waals surface area contributed by atoms with Gasteiger partial charge in [-0.2, -0.15) is 0 Å². The normalized spacial score (nSPS) is 18.7. The number of carbonyl (C=O) groups is 1. The first-order valence-corrected chi connectivity index (χ1v) is 11.2. The molecular formula is C24H27ClN4O. The van der Waals surface area contributed by atoms with Crippen LogP contribution in [-0.4, -0.2) is 51.4 Å². The molecule has 2 heterocycles. The van der Waals surface area contributed by atoms with Crippen molar-refractivity contribution < 1.29 is 4.79 Å². The van der Waals surface area contributed by atoms with E-state index in [4.69, 9.17) is 16.6 Å². The summed E-state index contributed by atoms with van der Waals surface area (Å²) >= 11 is 6.25. The molecule has 1 saturated carbocycles. The van der Waals surface area contributed by atoms with Gasteiger partial charge in [-0.3, -0.25) is 9.69 Å². The van der Waals surface area contributed by atoms with Gasteiger partial charge in [-0.05, 0) is 43.5 Å². The summed E-state index contributed by atoms with van der Waals surface area (Å²) in [5, 5.41) is 0.707. The fourth-order valence-corrected chi connectivity index (χ4v) is 4.62. The van der Waals surface area contributed by atoms with Crippen LogP contribution < -0.4 is 0 Å². The van der Waals surface area contributed by atoms with Crippen molar-refractivity contribution in [3.63, 3.8) is 0 Å². The monoisotopic (exact) mass is 422 g/mol. The second kappa shape index (κ2) is 8.05. The Morgan fingerprint density at radius 1 is 1.10 bits per heavy atom. The summed E-state index contributed by atoms with van der Waals surface area (Å²) in [4.78, 5) is 21.9. The number of hydrogen-bond donors (Lipinski definition) is 0. The number of hydrogen-bond acceptors (Lipinski definition) is 3. The number of halogens is 1. The minimum absolute atomic E-state index is 0.165. The van der Waals surface area contributed by atoms with E-state index in [1.165, 1.54) is 5.56 Å². The van der Waals surface area contributed by atoms with Gasteiger partial charge in [0, 0.05) is 43.7 Å². The number of aromatic nitrogens is 2. The van der Waals surface area contributed by atoms with Crippen molar-refractivity contribution in [2.24, 2.45) is 5.92 Å². The van der Waals surface area contributed by atoms with Crippen LogP contribution in [0.2, 0.25) is 5.02 Å². The summed E-state index contributed by atoms with van der Waals surface area (Å²) in [6, 6.07) is 16.6. The summed E-state index contributed by atoms with van der Waals surface area (Å²) in [5.74, 6) is 1.71. The molecule has 2 aliphatic rings. The lowest BCUT2D eigenvalue weighted by Gasteiger charge is -2.38. The number of benzene rings is 2. The van der Waals surface area contributed by atoms with Gasteiger partial charge in [-0.25, -0.2) is 4.98 Å². The van der Waals surface area contributed by atoms with Gasteiger partial charge >= 0.3 is 0 Å². The van der Waals surface area contributed by atoms with Crippen LogP contribution in [-0.2, 0) is 11.3 Å². The van der Waals surface area contributed by atoms with Crippen LogP contribution in [0.15, 0.2) is 48.5 Å². The van der Waals surface area contributed by atoms with Crippen LogP contribution in [0.25, 0.3) is 11.0 Å². The largest absolute Gasteiger partial charge is 0.340 e. The molecule has 0 bridgehead atoms. The van der Waals surface area contributed by atoms with Crippen molar-refractivity contribution in [3.05, 3.63) is 64.9 Å². The van der Waals surface area contributed by atoms with Crippen LogP contribution in [0, 0.1) is 5.92 Å². The molecule has 2 fully saturated rings. The van der Waals surface area contributed by atoms with Gasteiger partial charge in [0.1, 0.15) is 5.82 Å². The quantitative estimate of drug-likeness (QED) is 0.613. The maximum atomic E-state index is 12.4. The zero-order valence-electron chi connectivity index (χ0n) is 17.3. The van der Waals surface area contributed by atoms with E-state index in [1.807, 2.05) is 23.1 Å². The maximum absolute atomic E-state index is 12.4. The SMILES string of the molecule is CC(c1nc2cc(Cl)ccc2n1Cc1ccccc1)N1CCN(C(=O)C2CC2)CC1. The molecule has 1 unspecified atom stereocenters. The molecule has 1 aromatic heterocycles. The lowest BCUT2D eigenvalue weighted by molar-refractivity contribution is -0.134. The van der Waals surface area contributed by atoms with Crippen molar-refractivity contribution >= 4 is 28.5 Å². The Morgan fingerprint density at radius 2 is 1.83 bits per heavy atom. The standard InChI is InChI=1S/C24H27ClN4O/c1-17(27-11-13-28(14-12-27)24(30)19-7-8-19)23-26-21-15-20(25)9-10-22(21)29(23)16-18-5-3-2-4-6-18/h2-6,9-10,15,17,19H,7-8,11-14,16H2,1H3. The van der Waals surface area contributed by atoms with Crippen molar-refractivity contribution in [1.82, 2.24) is 19.4 Å². The molecule has 0 N–H and O–H groups in total. The smallest absolute Gasteiger partial charge is 0.225 e. The van der Waals surface area contributed by atoms with E-state index in [9.17, 15) is 4.79 Å². The highest BCUT2D eigenvalue weighted by atomic mass is 35.5. The minimum atomic E-state index is 0.165. The third-order valence-electron chi connectivity index (χ3n) is 6.40. The highest BCUT2D eigenvalue weighted by molar-refractivity contribution is 6.31. The van der Waals surface area contributed by atoms with Crippen molar-refractivity contribution in [3.8, 4) is 0 Å². The second-order valence-corrected chi connectivity index (χ2v) is 8.92. The number of piperazine rings is 1. The van der Waals surface area contributed by atoms with E-state index >= 15 is 0 Å². The third kappa shape index (κ3) is 3.84. The predicted molar refractivity (Wildman–Crippen MR) is 120 cm³/mol. The molecule has 5 nitrogen and oxygen atoms in total. The highest BCUT2D eigenvalue weighted by Crippen LogP contribution is 2.32. The van der Waals surface area contributed by atoms with E-state index in [0.29, 0.717) is 16.8 Å². The maximum Gasteiger partial charge on any atom is 0.225 e. The molecule has 1 amide bonds. The van der Waals surface area contributed by atoms with E-state index in [0.717, 1.165) is 62.4 Å². The van der Waals surface area contributed by atoms with Crippen molar-refractivity contribution in [2.75, 3.05) is 26.2 Å². The molecule has 5 rings (SSSR count). The summed E-state index contributed by atoms with van der Waals surface area (Å²) in [6.45, 7) is 6.39. The van der Waals surface area contributed by atoms with Gasteiger partial charge in [0.05, 0.1) is 17.1 Å². The van der Waals surface area contributed by atoms with Gasteiger partial charge in [0.25, 0.3) is 0 Å². The number of rotatable bonds is 5. The first kappa shape index (κ1) is 19.6. The zero-order chi connectivity index (χ0) is 20.7. The number of amides is 1. The molecule has 0 radical (unpaired) electrons. The topological polar surface area (TPSA) is 41.4 Å². The number of nitrogens with zero attached hydrogens (tertiary/aromatic N) is 4. The Labute approximate surface area is 182 Å². The first-order chi connectivity index (χ1) is 14.6. The summed E-state index contributed by atoms with van der Waals surface area (Å²) < 4.78 is 2.31. The van der Waals surface area contributed by atoms with Crippen LogP contribution in [0.1, 0.15) is 37.2 Å². The molecule has 2 aromatic carbocycles. The van der Waals surface area contributed by atoms with E-state index in [2.05, 4.69) is 46.7 Å². The average Bonchev–Trinajstić information content (AvgIpc) is 3.57. The fourth-order valence-electron chi connectivity index (χ4n) is 4.45. The van der Waals surface area contributed by atoms with Crippen molar-refractivity contribution in [2.45, 2.75) is 32.4 Å². The van der Waals surface area contributed by atoms with Gasteiger partial charge in [0.2, 0.25) is 5.91 Å². The van der Waals surface area contributed by atoms with Crippen LogP contribution in [0.5, 0.6) is 0 Å². The molecule has 1 atom stereocenters. The minimum Gasteiger partial charge on any atom is -0.340 e. The van der Waals surface area contributed by atoms with Gasteiger partial charge in [0.15, 0.2) is 0 Å². The van der Waals surface area contributed by atoms with Crippen LogP contribution >= 0.6 is 11.6 Å². The molecule has 0 spiro atoms. The lowest BCUT2D eigenvalue weighted by Crippen LogP contribution is -2.50. The second-order valence-electron chi connectivity index (χ2n) is 8.49. The summed E-state index contributed by atoms with van der Waals surface area (Å²) in [5.41, 5.74) is 3.29. The van der Waals surface area contributed by atoms with Crippen LogP contribution in [0.4, 0.5) is 0 Å².